The lowest BCUT2D eigenvalue weighted by atomic mass is 10.2. The highest BCUT2D eigenvalue weighted by Crippen LogP contribution is 2.34. The van der Waals surface area contributed by atoms with Gasteiger partial charge in [-0.2, -0.15) is 0 Å². The van der Waals surface area contributed by atoms with Crippen molar-refractivity contribution in [3.8, 4) is 11.5 Å². The van der Waals surface area contributed by atoms with Crippen LogP contribution in [0.25, 0.3) is 44.5 Å². The second kappa shape index (κ2) is 6.51. The zero-order valence-electron chi connectivity index (χ0n) is 17.7. The van der Waals surface area contributed by atoms with Crippen LogP contribution >= 0.6 is 0 Å². The Kier molecular flexibility index (Phi) is 3.74. The molecule has 3 heterocycles. The van der Waals surface area contributed by atoms with Gasteiger partial charge in [-0.3, -0.25) is 9.13 Å². The Balaban J connectivity index is 1.77. The molecule has 0 N–H and O–H groups in total. The Hall–Kier alpha value is -3.99. The molecule has 0 aliphatic carbocycles. The van der Waals surface area contributed by atoms with E-state index in [1.54, 1.807) is 0 Å². The molecule has 5 nitrogen and oxygen atoms in total. The molecule has 6 rings (SSSR count). The number of hydrogen-bond donors (Lipinski definition) is 0. The average Bonchev–Trinajstić information content (AvgIpc) is 3.28. The SMILES string of the molecule is Cc1nc(-n2c3ccccc3c3ccccc32)c2nc(C)n(-c3ccccc3C)c2n1. The molecule has 0 spiro atoms. The van der Waals surface area contributed by atoms with Crippen molar-refractivity contribution in [2.24, 2.45) is 0 Å². The maximum Gasteiger partial charge on any atom is 0.170 e. The van der Waals surface area contributed by atoms with Gasteiger partial charge in [-0.05, 0) is 44.5 Å². The molecule has 31 heavy (non-hydrogen) atoms. The summed E-state index contributed by atoms with van der Waals surface area (Å²) in [5.74, 6) is 2.43. The summed E-state index contributed by atoms with van der Waals surface area (Å²) in [7, 11) is 0. The topological polar surface area (TPSA) is 48.5 Å². The molecular formula is C26H21N5. The van der Waals surface area contributed by atoms with E-state index in [2.05, 4.69) is 88.9 Å². The number of imidazole rings is 1. The molecule has 0 atom stereocenters. The van der Waals surface area contributed by atoms with Crippen molar-refractivity contribution < 1.29 is 0 Å². The van der Waals surface area contributed by atoms with E-state index in [0.29, 0.717) is 0 Å². The largest absolute Gasteiger partial charge is 0.292 e. The second-order valence-corrected chi connectivity index (χ2v) is 7.92. The minimum absolute atomic E-state index is 0.721. The van der Waals surface area contributed by atoms with E-state index in [0.717, 1.165) is 45.4 Å². The van der Waals surface area contributed by atoms with Gasteiger partial charge in [-0.15, -0.1) is 0 Å². The van der Waals surface area contributed by atoms with Gasteiger partial charge in [0.2, 0.25) is 0 Å². The number of aryl methyl sites for hydroxylation is 3. The Labute approximate surface area is 179 Å². The zero-order chi connectivity index (χ0) is 21.1. The molecule has 3 aromatic carbocycles. The smallest absolute Gasteiger partial charge is 0.170 e. The van der Waals surface area contributed by atoms with Crippen LogP contribution in [0.4, 0.5) is 0 Å². The van der Waals surface area contributed by atoms with Gasteiger partial charge in [0.05, 0.1) is 16.7 Å². The fraction of sp³-hybridized carbons (Fsp3) is 0.115. The first kappa shape index (κ1) is 17.8. The molecule has 3 aromatic heterocycles. The number of benzene rings is 3. The number of aromatic nitrogens is 5. The van der Waals surface area contributed by atoms with Crippen LogP contribution in [-0.4, -0.2) is 24.1 Å². The molecule has 0 aliphatic rings. The van der Waals surface area contributed by atoms with Gasteiger partial charge in [0.25, 0.3) is 0 Å². The van der Waals surface area contributed by atoms with Crippen LogP contribution in [0.15, 0.2) is 72.8 Å². The standard InChI is InChI=1S/C26H21N5/c1-16-10-4-7-13-21(16)30-18(3)29-24-25(30)27-17(2)28-26(24)31-22-14-8-5-11-19(22)20-12-6-9-15-23(20)31/h4-15H,1-3H3. The Morgan fingerprint density at radius 1 is 0.613 bits per heavy atom. The van der Waals surface area contributed by atoms with Crippen molar-refractivity contribution in [1.82, 2.24) is 24.1 Å². The first-order chi connectivity index (χ1) is 15.1. The van der Waals surface area contributed by atoms with E-state index < -0.39 is 0 Å². The third-order valence-electron chi connectivity index (χ3n) is 5.92. The molecule has 5 heteroatoms. The fourth-order valence-corrected chi connectivity index (χ4v) is 4.57. The van der Waals surface area contributed by atoms with Crippen molar-refractivity contribution in [2.75, 3.05) is 0 Å². The quantitative estimate of drug-likeness (QED) is 0.365. The molecular weight excluding hydrogens is 382 g/mol. The predicted octanol–water partition coefficient (Wildman–Crippen LogP) is 5.84. The van der Waals surface area contributed by atoms with E-state index >= 15 is 0 Å². The first-order valence-corrected chi connectivity index (χ1v) is 10.4. The summed E-state index contributed by atoms with van der Waals surface area (Å²) in [4.78, 5) is 14.7. The number of rotatable bonds is 2. The number of hydrogen-bond acceptors (Lipinski definition) is 3. The zero-order valence-corrected chi connectivity index (χ0v) is 17.7. The van der Waals surface area contributed by atoms with E-state index in [1.165, 1.54) is 16.3 Å². The highest BCUT2D eigenvalue weighted by Gasteiger charge is 2.21. The molecule has 0 radical (unpaired) electrons. The normalized spacial score (nSPS) is 11.7. The van der Waals surface area contributed by atoms with Gasteiger partial charge in [0, 0.05) is 10.8 Å². The van der Waals surface area contributed by atoms with Crippen LogP contribution < -0.4 is 0 Å². The summed E-state index contributed by atoms with van der Waals surface area (Å²) in [6.45, 7) is 6.09. The Morgan fingerprint density at radius 2 is 1.23 bits per heavy atom. The van der Waals surface area contributed by atoms with E-state index in [-0.39, 0.29) is 0 Å². The van der Waals surface area contributed by atoms with Crippen LogP contribution in [0.5, 0.6) is 0 Å². The molecule has 0 saturated heterocycles. The predicted molar refractivity (Wildman–Crippen MR) is 125 cm³/mol. The molecule has 0 aliphatic heterocycles. The van der Waals surface area contributed by atoms with Crippen LogP contribution in [-0.2, 0) is 0 Å². The maximum atomic E-state index is 4.96. The molecule has 0 fully saturated rings. The van der Waals surface area contributed by atoms with Gasteiger partial charge < -0.3 is 0 Å². The lowest BCUT2D eigenvalue weighted by Crippen LogP contribution is -2.05. The molecule has 0 amide bonds. The van der Waals surface area contributed by atoms with E-state index in [9.17, 15) is 0 Å². The molecule has 0 unspecified atom stereocenters. The first-order valence-electron chi connectivity index (χ1n) is 10.4. The monoisotopic (exact) mass is 403 g/mol. The Bertz CT molecular complexity index is 1570. The lowest BCUT2D eigenvalue weighted by molar-refractivity contribution is 0.960. The third-order valence-corrected chi connectivity index (χ3v) is 5.92. The molecule has 6 aromatic rings. The van der Waals surface area contributed by atoms with Crippen molar-refractivity contribution in [2.45, 2.75) is 20.8 Å². The van der Waals surface area contributed by atoms with E-state index in [1.807, 2.05) is 13.8 Å². The minimum atomic E-state index is 0.721. The van der Waals surface area contributed by atoms with Crippen molar-refractivity contribution in [1.29, 1.82) is 0 Å². The van der Waals surface area contributed by atoms with Crippen molar-refractivity contribution >= 4 is 33.0 Å². The van der Waals surface area contributed by atoms with Crippen LogP contribution in [0.2, 0.25) is 0 Å². The van der Waals surface area contributed by atoms with Crippen molar-refractivity contribution in [3.05, 3.63) is 90.0 Å². The van der Waals surface area contributed by atoms with Crippen LogP contribution in [0, 0.1) is 20.8 Å². The summed E-state index contributed by atoms with van der Waals surface area (Å²) >= 11 is 0. The van der Waals surface area contributed by atoms with Crippen LogP contribution in [0.3, 0.4) is 0 Å². The highest BCUT2D eigenvalue weighted by molar-refractivity contribution is 6.09. The third kappa shape index (κ3) is 2.53. The van der Waals surface area contributed by atoms with Crippen LogP contribution in [0.1, 0.15) is 17.2 Å². The lowest BCUT2D eigenvalue weighted by Gasteiger charge is -2.11. The van der Waals surface area contributed by atoms with Gasteiger partial charge >= 0.3 is 0 Å². The minimum Gasteiger partial charge on any atom is -0.292 e. The summed E-state index contributed by atoms with van der Waals surface area (Å²) < 4.78 is 4.35. The molecule has 0 bridgehead atoms. The van der Waals surface area contributed by atoms with Gasteiger partial charge in [-0.25, -0.2) is 15.0 Å². The second-order valence-electron chi connectivity index (χ2n) is 7.92. The van der Waals surface area contributed by atoms with Gasteiger partial charge in [-0.1, -0.05) is 54.6 Å². The van der Waals surface area contributed by atoms with Crippen molar-refractivity contribution in [3.63, 3.8) is 0 Å². The number of fused-ring (bicyclic) bond motifs is 4. The van der Waals surface area contributed by atoms with Gasteiger partial charge in [0.15, 0.2) is 17.0 Å². The fourth-order valence-electron chi connectivity index (χ4n) is 4.57. The summed E-state index contributed by atoms with van der Waals surface area (Å²) in [5.41, 5.74) is 6.14. The highest BCUT2D eigenvalue weighted by atomic mass is 15.2. The average molecular weight is 403 g/mol. The van der Waals surface area contributed by atoms with E-state index in [4.69, 9.17) is 15.0 Å². The number of nitrogens with zero attached hydrogens (tertiary/aromatic N) is 5. The Morgan fingerprint density at radius 3 is 1.90 bits per heavy atom. The molecule has 150 valence electrons. The summed E-state index contributed by atoms with van der Waals surface area (Å²) in [6, 6.07) is 25.2. The summed E-state index contributed by atoms with van der Waals surface area (Å²) in [5, 5.41) is 2.41. The maximum absolute atomic E-state index is 4.96. The molecule has 0 saturated carbocycles. The van der Waals surface area contributed by atoms with Gasteiger partial charge in [0.1, 0.15) is 11.6 Å². The number of para-hydroxylation sites is 3. The summed E-state index contributed by atoms with van der Waals surface area (Å²) in [6.07, 6.45) is 0.